The molecule has 5 heteroatoms. The van der Waals surface area contributed by atoms with Gasteiger partial charge in [-0.2, -0.15) is 5.26 Å². The number of nitriles is 1. The summed E-state index contributed by atoms with van der Waals surface area (Å²) in [4.78, 5) is 0. The first-order valence-electron chi connectivity index (χ1n) is 4.42. The molecule has 0 saturated heterocycles. The molecular formula is C10H8BNO2S. The van der Waals surface area contributed by atoms with Crippen molar-refractivity contribution in [1.29, 1.82) is 5.26 Å². The van der Waals surface area contributed by atoms with Gasteiger partial charge in [-0.3, -0.25) is 0 Å². The van der Waals surface area contributed by atoms with Gasteiger partial charge in [-0.1, -0.05) is 6.07 Å². The van der Waals surface area contributed by atoms with Gasteiger partial charge in [0, 0.05) is 4.78 Å². The topological polar surface area (TPSA) is 64.2 Å². The molecule has 0 unspecified atom stereocenters. The second-order valence-corrected chi connectivity index (χ2v) is 4.45. The van der Waals surface area contributed by atoms with E-state index in [1.807, 2.05) is 13.0 Å². The molecule has 0 amide bonds. The minimum atomic E-state index is -1.46. The highest BCUT2D eigenvalue weighted by Gasteiger charge is 2.16. The number of benzene rings is 1. The molecule has 0 aliphatic heterocycles. The zero-order valence-corrected chi connectivity index (χ0v) is 8.88. The Morgan fingerprint density at radius 3 is 2.67 bits per heavy atom. The number of nitrogens with zero attached hydrogens (tertiary/aromatic N) is 1. The summed E-state index contributed by atoms with van der Waals surface area (Å²) in [7, 11) is -1.46. The normalized spacial score (nSPS) is 10.3. The molecule has 74 valence electrons. The summed E-state index contributed by atoms with van der Waals surface area (Å²) < 4.78 is 1.28. The molecule has 3 nitrogen and oxygen atoms in total. The van der Waals surface area contributed by atoms with Gasteiger partial charge in [0.1, 0.15) is 6.07 Å². The van der Waals surface area contributed by atoms with Gasteiger partial charge in [0.15, 0.2) is 0 Å². The van der Waals surface area contributed by atoms with E-state index < -0.39 is 7.12 Å². The molecule has 2 aromatic rings. The summed E-state index contributed by atoms with van der Waals surface area (Å²) >= 11 is 1.24. The van der Waals surface area contributed by atoms with Gasteiger partial charge < -0.3 is 10.0 Å². The van der Waals surface area contributed by atoms with Crippen molar-refractivity contribution in [1.82, 2.24) is 0 Å². The van der Waals surface area contributed by atoms with Crippen molar-refractivity contribution in [2.24, 2.45) is 0 Å². The van der Waals surface area contributed by atoms with Crippen molar-refractivity contribution in [3.63, 3.8) is 0 Å². The van der Waals surface area contributed by atoms with Gasteiger partial charge in [0.2, 0.25) is 0 Å². The molecule has 15 heavy (non-hydrogen) atoms. The number of aryl methyl sites for hydroxylation is 1. The first-order valence-corrected chi connectivity index (χ1v) is 5.24. The summed E-state index contributed by atoms with van der Waals surface area (Å²) in [6.45, 7) is 1.91. The van der Waals surface area contributed by atoms with Gasteiger partial charge >= 0.3 is 7.12 Å². The van der Waals surface area contributed by atoms with Crippen LogP contribution in [0, 0.1) is 18.3 Å². The lowest BCUT2D eigenvalue weighted by atomic mass is 9.89. The van der Waals surface area contributed by atoms with E-state index in [1.165, 1.54) is 11.3 Å². The average Bonchev–Trinajstić information content (AvgIpc) is 2.59. The maximum atomic E-state index is 9.04. The van der Waals surface area contributed by atoms with Crippen LogP contribution in [0.2, 0.25) is 0 Å². The Morgan fingerprint density at radius 1 is 1.33 bits per heavy atom. The van der Waals surface area contributed by atoms with Crippen LogP contribution in [0.5, 0.6) is 0 Å². The highest BCUT2D eigenvalue weighted by atomic mass is 32.1. The van der Waals surface area contributed by atoms with E-state index in [-0.39, 0.29) is 0 Å². The number of fused-ring (bicyclic) bond motifs is 1. The van der Waals surface area contributed by atoms with Gasteiger partial charge in [-0.15, -0.1) is 11.3 Å². The number of hydrogen-bond donors (Lipinski definition) is 2. The number of hydrogen-bond acceptors (Lipinski definition) is 4. The van der Waals surface area contributed by atoms with E-state index in [9.17, 15) is 0 Å². The van der Waals surface area contributed by atoms with E-state index in [4.69, 9.17) is 15.3 Å². The van der Waals surface area contributed by atoms with E-state index >= 15 is 0 Å². The lowest BCUT2D eigenvalue weighted by Gasteiger charge is -1.95. The van der Waals surface area contributed by atoms with Crippen LogP contribution >= 0.6 is 11.3 Å². The van der Waals surface area contributed by atoms with Crippen LogP contribution in [0.15, 0.2) is 18.2 Å². The first kappa shape index (κ1) is 10.2. The van der Waals surface area contributed by atoms with Crippen molar-refractivity contribution >= 4 is 33.3 Å². The average molecular weight is 217 g/mol. The van der Waals surface area contributed by atoms with Gasteiger partial charge in [-0.05, 0) is 30.0 Å². The molecule has 0 aliphatic rings. The molecular weight excluding hydrogens is 209 g/mol. The lowest BCUT2D eigenvalue weighted by Crippen LogP contribution is -2.26. The van der Waals surface area contributed by atoms with Crippen LogP contribution in [0.1, 0.15) is 11.1 Å². The Hall–Kier alpha value is -1.35. The fourth-order valence-corrected chi connectivity index (χ4v) is 2.51. The summed E-state index contributed by atoms with van der Waals surface area (Å²) in [5.41, 5.74) is 1.58. The standard InChI is InChI=1S/C10H8BNO2S/c1-6-2-7-4-9(11(13)14)15-10(7)8(3-6)5-12/h2-4,13-14H,1H3. The van der Waals surface area contributed by atoms with Crippen LogP contribution in [-0.2, 0) is 0 Å². The van der Waals surface area contributed by atoms with Crippen molar-refractivity contribution in [3.8, 4) is 6.07 Å². The minimum absolute atomic E-state index is 0.465. The molecule has 2 rings (SSSR count). The van der Waals surface area contributed by atoms with Crippen molar-refractivity contribution < 1.29 is 10.0 Å². The first-order chi connectivity index (χ1) is 7.11. The predicted molar refractivity (Wildman–Crippen MR) is 61.1 cm³/mol. The Balaban J connectivity index is 2.75. The lowest BCUT2D eigenvalue weighted by molar-refractivity contribution is 0.427. The molecule has 1 aromatic carbocycles. The van der Waals surface area contributed by atoms with Gasteiger partial charge in [-0.25, -0.2) is 0 Å². The second kappa shape index (κ2) is 3.67. The predicted octanol–water partition coefficient (Wildman–Crippen LogP) is 0.761. The molecule has 1 heterocycles. The molecule has 1 aromatic heterocycles. The van der Waals surface area contributed by atoms with Crippen LogP contribution in [0.25, 0.3) is 10.1 Å². The van der Waals surface area contributed by atoms with Crippen LogP contribution in [0.4, 0.5) is 0 Å². The monoisotopic (exact) mass is 217 g/mol. The molecule has 0 aliphatic carbocycles. The number of thiophene rings is 1. The van der Waals surface area contributed by atoms with Gasteiger partial charge in [0.05, 0.1) is 10.3 Å². The van der Waals surface area contributed by atoms with E-state index in [0.29, 0.717) is 10.3 Å². The molecule has 0 fully saturated rings. The SMILES string of the molecule is Cc1cc(C#N)c2sc(B(O)O)cc2c1. The zero-order chi connectivity index (χ0) is 11.0. The molecule has 0 spiro atoms. The Morgan fingerprint density at radius 2 is 2.07 bits per heavy atom. The van der Waals surface area contributed by atoms with Crippen LogP contribution in [0.3, 0.4) is 0 Å². The summed E-state index contributed by atoms with van der Waals surface area (Å²) in [5.74, 6) is 0. The third-order valence-electron chi connectivity index (χ3n) is 2.15. The summed E-state index contributed by atoms with van der Waals surface area (Å²) in [6, 6.07) is 7.54. The quantitative estimate of drug-likeness (QED) is 0.693. The van der Waals surface area contributed by atoms with Gasteiger partial charge in [0.25, 0.3) is 0 Å². The molecule has 0 atom stereocenters. The molecule has 0 bridgehead atoms. The molecule has 0 saturated carbocycles. The van der Waals surface area contributed by atoms with E-state index in [0.717, 1.165) is 15.6 Å². The summed E-state index contributed by atoms with van der Waals surface area (Å²) in [5, 5.41) is 27.9. The van der Waals surface area contributed by atoms with E-state index in [1.54, 1.807) is 12.1 Å². The van der Waals surface area contributed by atoms with Crippen molar-refractivity contribution in [3.05, 3.63) is 29.3 Å². The van der Waals surface area contributed by atoms with E-state index in [2.05, 4.69) is 6.07 Å². The fourth-order valence-electron chi connectivity index (χ4n) is 1.53. The Kier molecular flexibility index (Phi) is 2.49. The fraction of sp³-hybridized carbons (Fsp3) is 0.100. The van der Waals surface area contributed by atoms with Crippen molar-refractivity contribution in [2.75, 3.05) is 0 Å². The highest BCUT2D eigenvalue weighted by molar-refractivity contribution is 7.28. The van der Waals surface area contributed by atoms with Crippen LogP contribution in [-0.4, -0.2) is 17.2 Å². The Bertz CT molecular complexity index is 556. The minimum Gasteiger partial charge on any atom is -0.423 e. The molecule has 0 radical (unpaired) electrons. The number of rotatable bonds is 1. The largest absolute Gasteiger partial charge is 0.499 e. The second-order valence-electron chi connectivity index (χ2n) is 3.37. The smallest absolute Gasteiger partial charge is 0.423 e. The van der Waals surface area contributed by atoms with Crippen LogP contribution < -0.4 is 4.78 Å². The Labute approximate surface area is 91.4 Å². The third kappa shape index (κ3) is 1.75. The maximum Gasteiger partial charge on any atom is 0.499 e. The molecule has 2 N–H and O–H groups in total. The summed E-state index contributed by atoms with van der Waals surface area (Å²) in [6.07, 6.45) is 0. The zero-order valence-electron chi connectivity index (χ0n) is 8.06. The highest BCUT2D eigenvalue weighted by Crippen LogP contribution is 2.24. The van der Waals surface area contributed by atoms with Crippen molar-refractivity contribution in [2.45, 2.75) is 6.92 Å². The maximum absolute atomic E-state index is 9.04. The third-order valence-corrected chi connectivity index (χ3v) is 3.38.